The third-order valence-corrected chi connectivity index (χ3v) is 4.26. The van der Waals surface area contributed by atoms with Gasteiger partial charge in [-0.05, 0) is 36.4 Å². The van der Waals surface area contributed by atoms with E-state index >= 15 is 0 Å². The molecule has 0 atom stereocenters. The first-order valence-electron chi connectivity index (χ1n) is 7.76. The van der Waals surface area contributed by atoms with Crippen LogP contribution in [0.25, 0.3) is 17.4 Å². The van der Waals surface area contributed by atoms with E-state index in [4.69, 9.17) is 9.52 Å². The summed E-state index contributed by atoms with van der Waals surface area (Å²) < 4.78 is 5.66. The van der Waals surface area contributed by atoms with Crippen LogP contribution in [0.4, 0.5) is 4.79 Å². The normalized spacial score (nSPS) is 15.3. The van der Waals surface area contributed by atoms with E-state index in [0.717, 1.165) is 11.8 Å². The summed E-state index contributed by atoms with van der Waals surface area (Å²) in [5.74, 6) is 0.134. The van der Waals surface area contributed by atoms with Gasteiger partial charge >= 0.3 is 0 Å². The first kappa shape index (κ1) is 17.9. The number of amides is 3. The topological polar surface area (TPSA) is 122 Å². The molecule has 1 saturated heterocycles. The molecule has 0 aromatic carbocycles. The van der Waals surface area contributed by atoms with Crippen LogP contribution in [0.5, 0.6) is 0 Å². The highest BCUT2D eigenvalue weighted by molar-refractivity contribution is 8.18. The number of carbonyl (C=O) groups is 3. The van der Waals surface area contributed by atoms with Gasteiger partial charge < -0.3 is 14.8 Å². The fraction of sp³-hybridized carbons (Fsp3) is 0.176. The van der Waals surface area contributed by atoms with Gasteiger partial charge in [0.25, 0.3) is 17.1 Å². The average molecular weight is 373 g/mol. The van der Waals surface area contributed by atoms with Gasteiger partial charge in [-0.2, -0.15) is 0 Å². The van der Waals surface area contributed by atoms with Crippen molar-refractivity contribution >= 4 is 34.9 Å². The molecule has 0 bridgehead atoms. The highest BCUT2D eigenvalue weighted by atomic mass is 32.2. The quantitative estimate of drug-likeness (QED) is 0.521. The number of furan rings is 1. The Bertz CT molecular complexity index is 890. The van der Waals surface area contributed by atoms with Crippen LogP contribution in [0.1, 0.15) is 22.5 Å². The lowest BCUT2D eigenvalue weighted by Gasteiger charge is -2.04. The predicted octanol–water partition coefficient (Wildman–Crippen LogP) is 1.78. The average Bonchev–Trinajstić information content (AvgIpc) is 3.22. The lowest BCUT2D eigenvalue weighted by atomic mass is 10.1. The molecule has 1 aliphatic rings. The van der Waals surface area contributed by atoms with Crippen molar-refractivity contribution in [1.82, 2.24) is 15.6 Å². The number of nitrogens with zero attached hydrogens (tertiary/aromatic N) is 1. The second kappa shape index (κ2) is 7.98. The molecule has 134 valence electrons. The fourth-order valence-corrected chi connectivity index (χ4v) is 2.88. The van der Waals surface area contributed by atoms with Crippen LogP contribution in [-0.2, 0) is 4.79 Å². The summed E-state index contributed by atoms with van der Waals surface area (Å²) in [5, 5.41) is 13.2. The number of carbonyl (C=O) groups excluding carboxylic acids is 3. The Morgan fingerprint density at radius 3 is 2.92 bits per heavy atom. The van der Waals surface area contributed by atoms with Crippen LogP contribution in [-0.4, -0.2) is 40.3 Å². The van der Waals surface area contributed by atoms with E-state index in [1.807, 2.05) is 0 Å². The Labute approximate surface area is 152 Å². The van der Waals surface area contributed by atoms with Crippen molar-refractivity contribution in [2.24, 2.45) is 0 Å². The number of aromatic nitrogens is 1. The largest absolute Gasteiger partial charge is 0.457 e. The third kappa shape index (κ3) is 4.19. The van der Waals surface area contributed by atoms with E-state index in [1.54, 1.807) is 24.4 Å². The van der Waals surface area contributed by atoms with Gasteiger partial charge in [0.05, 0.1) is 10.5 Å². The number of nitrogens with one attached hydrogen (secondary N) is 2. The molecule has 3 amide bonds. The third-order valence-electron chi connectivity index (χ3n) is 3.45. The number of hydrogen-bond acceptors (Lipinski definition) is 7. The van der Waals surface area contributed by atoms with Crippen molar-refractivity contribution in [2.75, 3.05) is 13.2 Å². The Hall–Kier alpha value is -2.91. The molecule has 1 fully saturated rings. The lowest BCUT2D eigenvalue weighted by Crippen LogP contribution is -2.25. The molecule has 0 spiro atoms. The highest BCUT2D eigenvalue weighted by Crippen LogP contribution is 2.28. The molecule has 26 heavy (non-hydrogen) atoms. The molecule has 3 N–H and O–H groups in total. The van der Waals surface area contributed by atoms with E-state index in [0.29, 0.717) is 35.6 Å². The summed E-state index contributed by atoms with van der Waals surface area (Å²) in [5.41, 5.74) is 0.970. The van der Waals surface area contributed by atoms with Crippen LogP contribution in [0, 0.1) is 0 Å². The molecule has 2 aromatic rings. The molecule has 3 rings (SSSR count). The Kier molecular flexibility index (Phi) is 5.49. The van der Waals surface area contributed by atoms with Gasteiger partial charge in [0.15, 0.2) is 0 Å². The maximum absolute atomic E-state index is 12.1. The van der Waals surface area contributed by atoms with Gasteiger partial charge in [-0.25, -0.2) is 0 Å². The SMILES string of the molecule is O=C1NC(=O)/C(=C\c2ccc(-c3cncc(C(=O)NCCCO)c3)o2)S1. The van der Waals surface area contributed by atoms with Gasteiger partial charge in [-0.1, -0.05) is 0 Å². The number of pyridine rings is 1. The molecule has 0 saturated carbocycles. The van der Waals surface area contributed by atoms with Crippen molar-refractivity contribution in [2.45, 2.75) is 6.42 Å². The van der Waals surface area contributed by atoms with Crippen LogP contribution in [0.15, 0.2) is 39.9 Å². The summed E-state index contributed by atoms with van der Waals surface area (Å²) in [6.07, 6.45) is 4.95. The van der Waals surface area contributed by atoms with E-state index < -0.39 is 11.1 Å². The molecule has 0 aliphatic carbocycles. The standard InChI is InChI=1S/C17H15N3O5S/c21-5-1-4-19-15(22)11-6-10(8-18-9-11)13-3-2-12(25-13)7-14-16(23)20-17(24)26-14/h2-3,6-9,21H,1,4-5H2,(H,19,22)(H,20,23,24)/b14-7+. The summed E-state index contributed by atoms with van der Waals surface area (Å²) in [4.78, 5) is 39.1. The maximum Gasteiger partial charge on any atom is 0.290 e. The van der Waals surface area contributed by atoms with Crippen molar-refractivity contribution in [3.63, 3.8) is 0 Å². The number of rotatable bonds is 6. The molecule has 1 aliphatic heterocycles. The first-order valence-corrected chi connectivity index (χ1v) is 8.57. The van der Waals surface area contributed by atoms with Crippen molar-refractivity contribution in [3.05, 3.63) is 46.8 Å². The minimum Gasteiger partial charge on any atom is -0.457 e. The minimum absolute atomic E-state index is 0.00511. The molecule has 0 radical (unpaired) electrons. The Morgan fingerprint density at radius 1 is 1.35 bits per heavy atom. The van der Waals surface area contributed by atoms with E-state index in [2.05, 4.69) is 15.6 Å². The van der Waals surface area contributed by atoms with Crippen LogP contribution >= 0.6 is 11.8 Å². The summed E-state index contributed by atoms with van der Waals surface area (Å²) >= 11 is 0.808. The predicted molar refractivity (Wildman–Crippen MR) is 95.1 cm³/mol. The maximum atomic E-state index is 12.1. The minimum atomic E-state index is -0.457. The molecular formula is C17H15N3O5S. The van der Waals surface area contributed by atoms with Gasteiger partial charge in [-0.15, -0.1) is 0 Å². The molecule has 2 aromatic heterocycles. The van der Waals surface area contributed by atoms with Crippen LogP contribution in [0.3, 0.4) is 0 Å². The molecular weight excluding hydrogens is 358 g/mol. The zero-order valence-electron chi connectivity index (χ0n) is 13.5. The second-order valence-electron chi connectivity index (χ2n) is 5.35. The monoisotopic (exact) mass is 373 g/mol. The van der Waals surface area contributed by atoms with Gasteiger partial charge in [-0.3, -0.25) is 24.7 Å². The second-order valence-corrected chi connectivity index (χ2v) is 6.36. The fourth-order valence-electron chi connectivity index (χ4n) is 2.22. The van der Waals surface area contributed by atoms with Crippen molar-refractivity contribution < 1.29 is 23.9 Å². The zero-order chi connectivity index (χ0) is 18.5. The zero-order valence-corrected chi connectivity index (χ0v) is 14.3. The first-order chi connectivity index (χ1) is 12.6. The summed E-state index contributed by atoms with van der Waals surface area (Å²) in [6.45, 7) is 0.377. The molecule has 8 nitrogen and oxygen atoms in total. The Morgan fingerprint density at radius 2 is 2.19 bits per heavy atom. The lowest BCUT2D eigenvalue weighted by molar-refractivity contribution is -0.115. The number of thioether (sulfide) groups is 1. The van der Waals surface area contributed by atoms with Crippen LogP contribution < -0.4 is 10.6 Å². The van der Waals surface area contributed by atoms with Gasteiger partial charge in [0, 0.05) is 37.2 Å². The highest BCUT2D eigenvalue weighted by Gasteiger charge is 2.25. The van der Waals surface area contributed by atoms with Gasteiger partial charge in [0.2, 0.25) is 0 Å². The van der Waals surface area contributed by atoms with Crippen LogP contribution in [0.2, 0.25) is 0 Å². The number of imide groups is 1. The summed E-state index contributed by atoms with van der Waals surface area (Å²) in [6, 6.07) is 4.99. The molecule has 9 heteroatoms. The number of hydrogen-bond donors (Lipinski definition) is 3. The van der Waals surface area contributed by atoms with E-state index in [1.165, 1.54) is 12.3 Å². The smallest absolute Gasteiger partial charge is 0.290 e. The van der Waals surface area contributed by atoms with E-state index in [9.17, 15) is 14.4 Å². The van der Waals surface area contributed by atoms with Crippen molar-refractivity contribution in [3.8, 4) is 11.3 Å². The van der Waals surface area contributed by atoms with Crippen molar-refractivity contribution in [1.29, 1.82) is 0 Å². The molecule has 3 heterocycles. The summed E-state index contributed by atoms with van der Waals surface area (Å²) in [7, 11) is 0. The number of aliphatic hydroxyl groups excluding tert-OH is 1. The molecule has 0 unspecified atom stereocenters. The van der Waals surface area contributed by atoms with E-state index in [-0.39, 0.29) is 17.4 Å². The Balaban J connectivity index is 1.76. The van der Waals surface area contributed by atoms with Gasteiger partial charge in [0.1, 0.15) is 11.5 Å². The number of aliphatic hydroxyl groups is 1.